The molecule has 1 aromatic rings. The minimum Gasteiger partial charge on any atom is -0.481 e. The molecule has 0 aromatic heterocycles. The second kappa shape index (κ2) is 5.04. The average molecular weight is 332 g/mol. The highest BCUT2D eigenvalue weighted by atomic mass is 16.4. The van der Waals surface area contributed by atoms with Crippen molar-refractivity contribution in [3.05, 3.63) is 35.4 Å². The van der Waals surface area contributed by atoms with Gasteiger partial charge in [-0.05, 0) is 36.3 Å². The molecule has 0 saturated heterocycles. The van der Waals surface area contributed by atoms with E-state index in [1.165, 1.54) is 0 Å². The summed E-state index contributed by atoms with van der Waals surface area (Å²) in [6.07, 6.45) is -0.241. The van der Waals surface area contributed by atoms with E-state index in [1.54, 1.807) is 0 Å². The van der Waals surface area contributed by atoms with Crippen molar-refractivity contribution in [2.75, 3.05) is 0 Å². The van der Waals surface area contributed by atoms with Crippen molar-refractivity contribution in [1.29, 1.82) is 0 Å². The summed E-state index contributed by atoms with van der Waals surface area (Å²) >= 11 is 0. The smallest absolute Gasteiger partial charge is 0.324 e. The first-order chi connectivity index (χ1) is 11.2. The van der Waals surface area contributed by atoms with Gasteiger partial charge in [0.15, 0.2) is 0 Å². The number of carbonyl (C=O) groups is 3. The van der Waals surface area contributed by atoms with Gasteiger partial charge in [-0.1, -0.05) is 24.3 Å². The Labute approximate surface area is 138 Å². The van der Waals surface area contributed by atoms with Crippen molar-refractivity contribution in [2.45, 2.75) is 31.2 Å². The van der Waals surface area contributed by atoms with Crippen molar-refractivity contribution in [3.63, 3.8) is 0 Å². The lowest BCUT2D eigenvalue weighted by molar-refractivity contribution is -0.148. The number of hydrogen-bond donors (Lipinski definition) is 4. The molecule has 2 saturated carbocycles. The fraction of sp³-hybridized carbons (Fsp3) is 0.471. The largest absolute Gasteiger partial charge is 0.481 e. The average Bonchev–Trinajstić information content (AvgIpc) is 3.07. The van der Waals surface area contributed by atoms with Gasteiger partial charge in [0, 0.05) is 11.8 Å². The highest BCUT2D eigenvalue weighted by molar-refractivity contribution is 5.90. The topological polar surface area (TPSA) is 144 Å². The summed E-state index contributed by atoms with van der Waals surface area (Å²) < 4.78 is 0. The number of aliphatic carboxylic acids is 2. The number of primary amides is 1. The summed E-state index contributed by atoms with van der Waals surface area (Å²) in [6.45, 7) is 1.89. The molecule has 1 aromatic carbocycles. The van der Waals surface area contributed by atoms with E-state index in [2.05, 4.69) is 0 Å². The molecule has 0 radical (unpaired) electrons. The van der Waals surface area contributed by atoms with E-state index in [-0.39, 0.29) is 18.8 Å². The summed E-state index contributed by atoms with van der Waals surface area (Å²) in [4.78, 5) is 35.2. The minimum atomic E-state index is -1.79. The van der Waals surface area contributed by atoms with Gasteiger partial charge in [0.1, 0.15) is 5.54 Å². The molecule has 5 atom stereocenters. The normalized spacial score (nSPS) is 36.8. The van der Waals surface area contributed by atoms with Crippen LogP contribution in [0.25, 0.3) is 0 Å². The number of aryl methyl sites for hydroxylation is 1. The summed E-state index contributed by atoms with van der Waals surface area (Å²) in [5.74, 6) is -4.96. The highest BCUT2D eigenvalue weighted by Crippen LogP contribution is 2.77. The predicted octanol–water partition coefficient (Wildman–Crippen LogP) is 0.457. The summed E-state index contributed by atoms with van der Waals surface area (Å²) in [5, 5.41) is 19.3. The first-order valence-corrected chi connectivity index (χ1v) is 7.75. The van der Waals surface area contributed by atoms with Crippen LogP contribution in [0.15, 0.2) is 24.3 Å². The molecule has 6 N–H and O–H groups in total. The molecule has 2 fully saturated rings. The Morgan fingerprint density at radius 3 is 2.38 bits per heavy atom. The zero-order valence-electron chi connectivity index (χ0n) is 13.2. The van der Waals surface area contributed by atoms with Gasteiger partial charge < -0.3 is 21.7 Å². The molecular weight excluding hydrogens is 312 g/mol. The van der Waals surface area contributed by atoms with E-state index >= 15 is 0 Å². The number of nitrogens with two attached hydrogens (primary N) is 2. The number of fused-ring (bicyclic) bond motifs is 1. The van der Waals surface area contributed by atoms with E-state index < -0.39 is 40.6 Å². The second-order valence-corrected chi connectivity index (χ2v) is 6.97. The highest BCUT2D eigenvalue weighted by Gasteiger charge is 2.84. The van der Waals surface area contributed by atoms with E-state index in [4.69, 9.17) is 11.5 Å². The second-order valence-electron chi connectivity index (χ2n) is 6.97. The standard InChI is InChI=1S/C17H20N2O5/c1-8-4-2-3-5-9(8)10-6-17(19,15(23)24)16(7-11(18)20)12(10)13(16)14(21)22/h2-5,10,12-13H,6-7,19H2,1H3,(H2,18,20)(H,21,22)(H,23,24). The maximum absolute atomic E-state index is 11.9. The molecule has 0 aliphatic heterocycles. The van der Waals surface area contributed by atoms with Crippen LogP contribution in [0.2, 0.25) is 0 Å². The van der Waals surface area contributed by atoms with Crippen molar-refractivity contribution < 1.29 is 24.6 Å². The summed E-state index contributed by atoms with van der Waals surface area (Å²) in [7, 11) is 0. The summed E-state index contributed by atoms with van der Waals surface area (Å²) in [5.41, 5.74) is 10.2. The van der Waals surface area contributed by atoms with Gasteiger partial charge in [-0.15, -0.1) is 0 Å². The number of carboxylic acids is 2. The third kappa shape index (κ3) is 1.91. The number of rotatable bonds is 5. The zero-order valence-corrected chi connectivity index (χ0v) is 13.2. The van der Waals surface area contributed by atoms with Crippen LogP contribution in [-0.4, -0.2) is 33.6 Å². The Morgan fingerprint density at radius 2 is 1.88 bits per heavy atom. The van der Waals surface area contributed by atoms with Crippen molar-refractivity contribution in [3.8, 4) is 0 Å². The van der Waals surface area contributed by atoms with Gasteiger partial charge in [0.05, 0.1) is 5.92 Å². The third-order valence-electron chi connectivity index (χ3n) is 5.91. The van der Waals surface area contributed by atoms with Gasteiger partial charge in [-0.2, -0.15) is 0 Å². The Balaban J connectivity index is 2.15. The number of amides is 1. The van der Waals surface area contributed by atoms with Crippen molar-refractivity contribution in [2.24, 2.45) is 28.7 Å². The molecule has 0 spiro atoms. The number of carboxylic acid groups (broad SMARTS) is 2. The quantitative estimate of drug-likeness (QED) is 0.616. The number of hydrogen-bond acceptors (Lipinski definition) is 4. The molecule has 2 aliphatic rings. The summed E-state index contributed by atoms with van der Waals surface area (Å²) in [6, 6.07) is 7.44. The van der Waals surface area contributed by atoms with Gasteiger partial charge >= 0.3 is 11.9 Å². The van der Waals surface area contributed by atoms with Crippen molar-refractivity contribution >= 4 is 17.8 Å². The van der Waals surface area contributed by atoms with Crippen LogP contribution in [0.4, 0.5) is 0 Å². The van der Waals surface area contributed by atoms with E-state index in [0.29, 0.717) is 0 Å². The molecule has 24 heavy (non-hydrogen) atoms. The molecule has 7 heteroatoms. The maximum atomic E-state index is 11.9. The molecule has 3 rings (SSSR count). The maximum Gasteiger partial charge on any atom is 0.324 e. The lowest BCUT2D eigenvalue weighted by atomic mass is 9.76. The zero-order chi connectivity index (χ0) is 17.9. The van der Waals surface area contributed by atoms with Crippen LogP contribution < -0.4 is 11.5 Å². The van der Waals surface area contributed by atoms with Crippen LogP contribution in [-0.2, 0) is 14.4 Å². The van der Waals surface area contributed by atoms with Gasteiger partial charge in [0.25, 0.3) is 0 Å². The fourth-order valence-corrected chi connectivity index (χ4v) is 4.94. The van der Waals surface area contributed by atoms with Crippen LogP contribution in [0.1, 0.15) is 29.9 Å². The van der Waals surface area contributed by atoms with E-state index in [0.717, 1.165) is 11.1 Å². The lowest BCUT2D eigenvalue weighted by Gasteiger charge is -2.32. The number of carbonyl (C=O) groups excluding carboxylic acids is 1. The molecule has 2 aliphatic carbocycles. The Bertz CT molecular complexity index is 748. The van der Waals surface area contributed by atoms with Crippen LogP contribution in [0.5, 0.6) is 0 Å². The molecule has 128 valence electrons. The lowest BCUT2D eigenvalue weighted by Crippen LogP contribution is -2.56. The van der Waals surface area contributed by atoms with E-state index in [9.17, 15) is 24.6 Å². The third-order valence-corrected chi connectivity index (χ3v) is 5.91. The Hall–Kier alpha value is -2.41. The van der Waals surface area contributed by atoms with Crippen LogP contribution in [0.3, 0.4) is 0 Å². The molecule has 1 amide bonds. The SMILES string of the molecule is Cc1ccccc1C1CC(N)(C(=O)O)C2(CC(N)=O)C(C(=O)O)C12. The molecule has 7 nitrogen and oxygen atoms in total. The van der Waals surface area contributed by atoms with Crippen molar-refractivity contribution in [1.82, 2.24) is 0 Å². The Morgan fingerprint density at radius 1 is 1.25 bits per heavy atom. The molecule has 0 heterocycles. The Kier molecular flexibility index (Phi) is 3.46. The first-order valence-electron chi connectivity index (χ1n) is 7.75. The van der Waals surface area contributed by atoms with Gasteiger partial charge in [-0.3, -0.25) is 14.4 Å². The van der Waals surface area contributed by atoms with Gasteiger partial charge in [0.2, 0.25) is 5.91 Å². The van der Waals surface area contributed by atoms with Crippen LogP contribution in [0, 0.1) is 24.2 Å². The fourth-order valence-electron chi connectivity index (χ4n) is 4.94. The molecule has 0 bridgehead atoms. The van der Waals surface area contributed by atoms with Gasteiger partial charge in [-0.25, -0.2) is 0 Å². The number of benzene rings is 1. The van der Waals surface area contributed by atoms with E-state index in [1.807, 2.05) is 31.2 Å². The molecular formula is C17H20N2O5. The monoisotopic (exact) mass is 332 g/mol. The molecule has 5 unspecified atom stereocenters. The predicted molar refractivity (Wildman–Crippen MR) is 84.0 cm³/mol. The van der Waals surface area contributed by atoms with Crippen LogP contribution >= 0.6 is 0 Å². The first kappa shape index (κ1) is 16.4. The minimum absolute atomic E-state index is 0.0922.